The maximum Gasteiger partial charge on any atom is 0.103 e. The molecule has 16 heavy (non-hydrogen) atoms. The Kier molecular flexibility index (Phi) is 5.19. The molecule has 0 aliphatic rings. The van der Waals surface area contributed by atoms with Crippen LogP contribution in [0.4, 0.5) is 0 Å². The summed E-state index contributed by atoms with van der Waals surface area (Å²) in [5.74, 6) is 0. The van der Waals surface area contributed by atoms with E-state index in [2.05, 4.69) is 6.58 Å². The molecule has 0 heterocycles. The van der Waals surface area contributed by atoms with Gasteiger partial charge in [0.1, 0.15) is 6.10 Å². The standard InChI is InChI=1S/C13H18O3/c1-3-10-6-4-5-7-11(10)8-12(14)13(15)9-16-2/h3-7,12-15H,1,8-9H2,2H3. The zero-order valence-corrected chi connectivity index (χ0v) is 9.47. The van der Waals surface area contributed by atoms with E-state index in [9.17, 15) is 10.2 Å². The average Bonchev–Trinajstić information content (AvgIpc) is 2.30. The fourth-order valence-corrected chi connectivity index (χ4v) is 1.56. The first-order valence-corrected chi connectivity index (χ1v) is 5.24. The normalized spacial score (nSPS) is 14.4. The van der Waals surface area contributed by atoms with Crippen LogP contribution in [0.3, 0.4) is 0 Å². The number of hydrogen-bond donors (Lipinski definition) is 2. The topological polar surface area (TPSA) is 49.7 Å². The van der Waals surface area contributed by atoms with Crippen LogP contribution in [0, 0.1) is 0 Å². The van der Waals surface area contributed by atoms with Crippen molar-refractivity contribution in [1.29, 1.82) is 0 Å². The predicted molar refractivity (Wildman–Crippen MR) is 64.1 cm³/mol. The van der Waals surface area contributed by atoms with Crippen LogP contribution in [-0.4, -0.2) is 36.1 Å². The van der Waals surface area contributed by atoms with Crippen LogP contribution < -0.4 is 0 Å². The third-order valence-corrected chi connectivity index (χ3v) is 2.49. The summed E-state index contributed by atoms with van der Waals surface area (Å²) in [5, 5.41) is 19.3. The van der Waals surface area contributed by atoms with Crippen LogP contribution in [-0.2, 0) is 11.2 Å². The molecule has 0 aliphatic heterocycles. The highest BCUT2D eigenvalue weighted by Crippen LogP contribution is 2.13. The van der Waals surface area contributed by atoms with Gasteiger partial charge in [0.05, 0.1) is 12.7 Å². The minimum absolute atomic E-state index is 0.136. The summed E-state index contributed by atoms with van der Waals surface area (Å²) in [7, 11) is 1.49. The predicted octanol–water partition coefficient (Wildman–Crippen LogP) is 1.24. The van der Waals surface area contributed by atoms with E-state index >= 15 is 0 Å². The molecule has 3 heteroatoms. The second kappa shape index (κ2) is 6.43. The first kappa shape index (κ1) is 12.9. The Balaban J connectivity index is 2.68. The molecule has 0 aliphatic carbocycles. The Morgan fingerprint density at radius 3 is 2.62 bits per heavy atom. The van der Waals surface area contributed by atoms with Crippen molar-refractivity contribution in [2.45, 2.75) is 18.6 Å². The first-order chi connectivity index (χ1) is 7.69. The molecule has 2 N–H and O–H groups in total. The van der Waals surface area contributed by atoms with E-state index in [4.69, 9.17) is 4.74 Å². The van der Waals surface area contributed by atoms with Crippen molar-refractivity contribution in [3.8, 4) is 0 Å². The molecule has 3 nitrogen and oxygen atoms in total. The lowest BCUT2D eigenvalue weighted by Gasteiger charge is -2.17. The van der Waals surface area contributed by atoms with E-state index in [1.807, 2.05) is 24.3 Å². The molecule has 0 spiro atoms. The van der Waals surface area contributed by atoms with Gasteiger partial charge in [-0.3, -0.25) is 0 Å². The Hall–Kier alpha value is -1.16. The highest BCUT2D eigenvalue weighted by Gasteiger charge is 2.17. The summed E-state index contributed by atoms with van der Waals surface area (Å²) in [6, 6.07) is 7.66. The van der Waals surface area contributed by atoms with Crippen molar-refractivity contribution in [1.82, 2.24) is 0 Å². The number of ether oxygens (including phenoxy) is 1. The van der Waals surface area contributed by atoms with E-state index in [1.54, 1.807) is 6.08 Å². The van der Waals surface area contributed by atoms with Gasteiger partial charge in [-0.1, -0.05) is 36.9 Å². The summed E-state index contributed by atoms with van der Waals surface area (Å²) >= 11 is 0. The second-order valence-electron chi connectivity index (χ2n) is 3.70. The van der Waals surface area contributed by atoms with Gasteiger partial charge in [0.15, 0.2) is 0 Å². The van der Waals surface area contributed by atoms with Crippen molar-refractivity contribution in [3.05, 3.63) is 42.0 Å². The fourth-order valence-electron chi connectivity index (χ4n) is 1.56. The molecule has 1 aromatic rings. The van der Waals surface area contributed by atoms with Crippen LogP contribution in [0.25, 0.3) is 6.08 Å². The molecule has 88 valence electrons. The molecule has 0 radical (unpaired) electrons. The number of hydrogen-bond acceptors (Lipinski definition) is 3. The highest BCUT2D eigenvalue weighted by atomic mass is 16.5. The number of benzene rings is 1. The van der Waals surface area contributed by atoms with E-state index in [0.29, 0.717) is 6.42 Å². The zero-order chi connectivity index (χ0) is 12.0. The van der Waals surface area contributed by atoms with Gasteiger partial charge in [-0.25, -0.2) is 0 Å². The van der Waals surface area contributed by atoms with Crippen LogP contribution >= 0.6 is 0 Å². The van der Waals surface area contributed by atoms with E-state index in [1.165, 1.54) is 7.11 Å². The minimum Gasteiger partial charge on any atom is -0.390 e. The molecule has 0 aromatic heterocycles. The summed E-state index contributed by atoms with van der Waals surface area (Å²) in [6.45, 7) is 3.85. The summed E-state index contributed by atoms with van der Waals surface area (Å²) < 4.78 is 4.79. The smallest absolute Gasteiger partial charge is 0.103 e. The molecule has 0 bridgehead atoms. The number of aliphatic hydroxyl groups excluding tert-OH is 2. The molecular weight excluding hydrogens is 204 g/mol. The molecule has 0 fully saturated rings. The summed E-state index contributed by atoms with van der Waals surface area (Å²) in [4.78, 5) is 0. The van der Waals surface area contributed by atoms with Gasteiger partial charge in [0, 0.05) is 13.5 Å². The lowest BCUT2D eigenvalue weighted by Crippen LogP contribution is -2.32. The molecule has 0 amide bonds. The Labute approximate surface area is 96.0 Å². The Bertz CT molecular complexity index is 336. The van der Waals surface area contributed by atoms with Crippen LogP contribution in [0.15, 0.2) is 30.8 Å². The van der Waals surface area contributed by atoms with Crippen molar-refractivity contribution >= 4 is 6.08 Å². The summed E-state index contributed by atoms with van der Waals surface area (Å²) in [5.41, 5.74) is 1.95. The zero-order valence-electron chi connectivity index (χ0n) is 9.47. The Morgan fingerprint density at radius 1 is 1.31 bits per heavy atom. The van der Waals surface area contributed by atoms with Crippen molar-refractivity contribution in [2.75, 3.05) is 13.7 Å². The quantitative estimate of drug-likeness (QED) is 0.761. The van der Waals surface area contributed by atoms with Gasteiger partial charge < -0.3 is 14.9 Å². The third kappa shape index (κ3) is 3.45. The monoisotopic (exact) mass is 222 g/mol. The van der Waals surface area contributed by atoms with E-state index in [0.717, 1.165) is 11.1 Å². The van der Waals surface area contributed by atoms with Crippen LogP contribution in [0.2, 0.25) is 0 Å². The van der Waals surface area contributed by atoms with Crippen molar-refractivity contribution in [3.63, 3.8) is 0 Å². The molecule has 2 atom stereocenters. The highest BCUT2D eigenvalue weighted by molar-refractivity contribution is 5.51. The van der Waals surface area contributed by atoms with Crippen LogP contribution in [0.1, 0.15) is 11.1 Å². The van der Waals surface area contributed by atoms with Gasteiger partial charge in [-0.05, 0) is 11.1 Å². The number of rotatable bonds is 6. The lowest BCUT2D eigenvalue weighted by molar-refractivity contribution is -0.0253. The Morgan fingerprint density at radius 2 is 2.00 bits per heavy atom. The molecule has 1 rings (SSSR count). The van der Waals surface area contributed by atoms with Crippen LogP contribution in [0.5, 0.6) is 0 Å². The average molecular weight is 222 g/mol. The second-order valence-corrected chi connectivity index (χ2v) is 3.70. The largest absolute Gasteiger partial charge is 0.390 e. The van der Waals surface area contributed by atoms with Gasteiger partial charge in [-0.15, -0.1) is 0 Å². The number of methoxy groups -OCH3 is 1. The van der Waals surface area contributed by atoms with Crippen molar-refractivity contribution < 1.29 is 14.9 Å². The van der Waals surface area contributed by atoms with E-state index in [-0.39, 0.29) is 6.61 Å². The molecule has 1 aromatic carbocycles. The molecule has 2 unspecified atom stereocenters. The van der Waals surface area contributed by atoms with Crippen molar-refractivity contribution in [2.24, 2.45) is 0 Å². The SMILES string of the molecule is C=Cc1ccccc1CC(O)C(O)COC. The summed E-state index contributed by atoms with van der Waals surface area (Å²) in [6.07, 6.45) is 0.459. The first-order valence-electron chi connectivity index (χ1n) is 5.24. The van der Waals surface area contributed by atoms with Gasteiger partial charge in [-0.2, -0.15) is 0 Å². The molecule has 0 saturated heterocycles. The maximum atomic E-state index is 9.76. The van der Waals surface area contributed by atoms with Gasteiger partial charge in [0.2, 0.25) is 0 Å². The third-order valence-electron chi connectivity index (χ3n) is 2.49. The van der Waals surface area contributed by atoms with E-state index < -0.39 is 12.2 Å². The molecule has 0 saturated carbocycles. The minimum atomic E-state index is -0.858. The van der Waals surface area contributed by atoms with Gasteiger partial charge >= 0.3 is 0 Å². The fraction of sp³-hybridized carbons (Fsp3) is 0.385. The lowest BCUT2D eigenvalue weighted by atomic mass is 9.99. The van der Waals surface area contributed by atoms with Gasteiger partial charge in [0.25, 0.3) is 0 Å². The maximum absolute atomic E-state index is 9.76. The number of aliphatic hydroxyl groups is 2. The molecular formula is C13H18O3.